The van der Waals surface area contributed by atoms with Gasteiger partial charge in [-0.05, 0) is 11.6 Å². The van der Waals surface area contributed by atoms with E-state index in [1.54, 1.807) is 6.08 Å². The maximum absolute atomic E-state index is 11.1. The number of hydrogen-bond acceptors (Lipinski definition) is 3. The molecule has 4 nitrogen and oxygen atoms in total. The van der Waals surface area contributed by atoms with Crippen LogP contribution in [0.25, 0.3) is 0 Å². The third-order valence-electron chi connectivity index (χ3n) is 2.79. The molecule has 4 heteroatoms. The van der Waals surface area contributed by atoms with Crippen molar-refractivity contribution >= 4 is 5.91 Å². The molecular weight excluding hydrogens is 228 g/mol. The highest BCUT2D eigenvalue weighted by Crippen LogP contribution is 2.29. The first kappa shape index (κ1) is 12.2. The maximum atomic E-state index is 11.1. The van der Waals surface area contributed by atoms with Crippen molar-refractivity contribution in [2.75, 3.05) is 0 Å². The van der Waals surface area contributed by atoms with Gasteiger partial charge in [0, 0.05) is 19.3 Å². The zero-order valence-corrected chi connectivity index (χ0v) is 10.1. The Morgan fingerprint density at radius 2 is 2.17 bits per heavy atom. The van der Waals surface area contributed by atoms with Gasteiger partial charge in [-0.25, -0.2) is 0 Å². The van der Waals surface area contributed by atoms with Gasteiger partial charge >= 0.3 is 0 Å². The van der Waals surface area contributed by atoms with Crippen molar-refractivity contribution in [3.63, 3.8) is 0 Å². The summed E-state index contributed by atoms with van der Waals surface area (Å²) in [4.78, 5) is 11.1. The summed E-state index contributed by atoms with van der Waals surface area (Å²) in [5.74, 6) is 0.186. The van der Waals surface area contributed by atoms with Gasteiger partial charge in [0.15, 0.2) is 12.0 Å². The van der Waals surface area contributed by atoms with Crippen molar-refractivity contribution < 1.29 is 9.53 Å². The van der Waals surface area contributed by atoms with Crippen LogP contribution in [-0.4, -0.2) is 12.1 Å². The lowest BCUT2D eigenvalue weighted by atomic mass is 9.92. The van der Waals surface area contributed by atoms with Crippen LogP contribution in [0.2, 0.25) is 0 Å². The van der Waals surface area contributed by atoms with E-state index >= 15 is 0 Å². The lowest BCUT2D eigenvalue weighted by Crippen LogP contribution is -2.38. The second kappa shape index (κ2) is 5.37. The molecule has 2 atom stereocenters. The number of amides is 1. The first-order valence-corrected chi connectivity index (χ1v) is 5.79. The lowest BCUT2D eigenvalue weighted by Gasteiger charge is -2.27. The summed E-state index contributed by atoms with van der Waals surface area (Å²) in [6.07, 6.45) is 2.00. The first-order valence-electron chi connectivity index (χ1n) is 5.79. The molecule has 1 amide bonds. The summed E-state index contributed by atoms with van der Waals surface area (Å²) < 4.78 is 5.37. The van der Waals surface area contributed by atoms with E-state index in [0.29, 0.717) is 6.42 Å². The molecule has 1 aromatic rings. The number of carbonyl (C=O) groups is 1. The lowest BCUT2D eigenvalue weighted by molar-refractivity contribution is -0.122. The number of nitrogens with one attached hydrogen (secondary N) is 1. The molecular formula is C14H14N2O2. The molecule has 1 aromatic carbocycles. The molecule has 1 aliphatic heterocycles. The van der Waals surface area contributed by atoms with Gasteiger partial charge in [-0.2, -0.15) is 5.26 Å². The second-order valence-electron chi connectivity index (χ2n) is 4.20. The van der Waals surface area contributed by atoms with E-state index in [2.05, 4.69) is 5.32 Å². The van der Waals surface area contributed by atoms with Crippen LogP contribution in [-0.2, 0) is 9.53 Å². The number of ether oxygens (including phenoxy) is 1. The fraction of sp³-hybridized carbons (Fsp3) is 0.286. The second-order valence-corrected chi connectivity index (χ2v) is 4.20. The Morgan fingerprint density at radius 3 is 2.78 bits per heavy atom. The molecule has 1 N–H and O–H groups in total. The fourth-order valence-corrected chi connectivity index (χ4v) is 2.03. The van der Waals surface area contributed by atoms with Crippen LogP contribution >= 0.6 is 0 Å². The van der Waals surface area contributed by atoms with Crippen LogP contribution < -0.4 is 5.32 Å². The summed E-state index contributed by atoms with van der Waals surface area (Å²) in [6.45, 7) is 1.44. The number of rotatable bonds is 2. The van der Waals surface area contributed by atoms with Crippen molar-refractivity contribution in [2.45, 2.75) is 25.5 Å². The number of allylic oxidation sites excluding steroid dienone is 2. The SMILES string of the molecule is CC(=O)N[C@H]1C[C@@H](c2ccccc2)C=C(C#N)O1. The first-order chi connectivity index (χ1) is 8.69. The number of carbonyl (C=O) groups excluding carboxylic acids is 1. The highest BCUT2D eigenvalue weighted by molar-refractivity contribution is 5.73. The minimum absolute atomic E-state index is 0.0893. The molecule has 1 aliphatic rings. The Hall–Kier alpha value is -2.28. The smallest absolute Gasteiger partial charge is 0.219 e. The van der Waals surface area contributed by atoms with Gasteiger partial charge in [0.2, 0.25) is 5.91 Å². The summed E-state index contributed by atoms with van der Waals surface area (Å²) in [6, 6.07) is 11.9. The predicted octanol–water partition coefficient (Wildman–Crippen LogP) is 2.06. The quantitative estimate of drug-likeness (QED) is 0.863. The Bertz CT molecular complexity index is 502. The summed E-state index contributed by atoms with van der Waals surface area (Å²) in [7, 11) is 0. The van der Waals surface area contributed by atoms with Gasteiger partial charge in [-0.15, -0.1) is 0 Å². The Morgan fingerprint density at radius 1 is 1.44 bits per heavy atom. The van der Waals surface area contributed by atoms with E-state index in [1.807, 2.05) is 36.4 Å². The van der Waals surface area contributed by atoms with Crippen LogP contribution in [0.3, 0.4) is 0 Å². The summed E-state index contributed by atoms with van der Waals surface area (Å²) in [5.41, 5.74) is 1.11. The van der Waals surface area contributed by atoms with E-state index < -0.39 is 6.23 Å². The highest BCUT2D eigenvalue weighted by Gasteiger charge is 2.25. The normalized spacial score (nSPS) is 22.3. The van der Waals surface area contributed by atoms with Crippen LogP contribution in [0.4, 0.5) is 0 Å². The third kappa shape index (κ3) is 2.89. The molecule has 1 heterocycles. The Balaban J connectivity index is 2.20. The molecule has 0 saturated heterocycles. The average Bonchev–Trinajstić information content (AvgIpc) is 2.38. The molecule has 92 valence electrons. The largest absolute Gasteiger partial charge is 0.461 e. The van der Waals surface area contributed by atoms with Gasteiger partial charge < -0.3 is 10.1 Å². The molecule has 2 rings (SSSR count). The molecule has 18 heavy (non-hydrogen) atoms. The Labute approximate surface area is 106 Å². The molecule has 0 saturated carbocycles. The number of benzene rings is 1. The number of hydrogen-bond donors (Lipinski definition) is 1. The predicted molar refractivity (Wildman–Crippen MR) is 66.2 cm³/mol. The van der Waals surface area contributed by atoms with E-state index in [0.717, 1.165) is 5.56 Å². The van der Waals surface area contributed by atoms with E-state index in [-0.39, 0.29) is 17.6 Å². The third-order valence-corrected chi connectivity index (χ3v) is 2.79. The van der Waals surface area contributed by atoms with Crippen molar-refractivity contribution in [1.82, 2.24) is 5.32 Å². The van der Waals surface area contributed by atoms with Gasteiger partial charge in [0.05, 0.1) is 0 Å². The van der Waals surface area contributed by atoms with Crippen molar-refractivity contribution in [3.8, 4) is 6.07 Å². The molecule has 0 fully saturated rings. The standard InChI is InChI=1S/C14H14N2O2/c1-10(17)16-14-8-12(7-13(9-15)18-14)11-5-3-2-4-6-11/h2-7,12,14H,8H2,1H3,(H,16,17)/t12-,14+/m0/s1. The summed E-state index contributed by atoms with van der Waals surface area (Å²) in [5, 5.41) is 11.6. The number of nitriles is 1. The zero-order chi connectivity index (χ0) is 13.0. The van der Waals surface area contributed by atoms with E-state index in [4.69, 9.17) is 10.00 Å². The van der Waals surface area contributed by atoms with Gasteiger partial charge in [-0.1, -0.05) is 30.3 Å². The van der Waals surface area contributed by atoms with Gasteiger partial charge in [0.25, 0.3) is 0 Å². The molecule has 0 aliphatic carbocycles. The monoisotopic (exact) mass is 242 g/mol. The van der Waals surface area contributed by atoms with Crippen molar-refractivity contribution in [2.24, 2.45) is 0 Å². The molecule has 0 radical (unpaired) electrons. The Kier molecular flexibility index (Phi) is 3.63. The van der Waals surface area contributed by atoms with Gasteiger partial charge in [0.1, 0.15) is 6.07 Å². The topological polar surface area (TPSA) is 62.1 Å². The van der Waals surface area contributed by atoms with E-state index in [9.17, 15) is 4.79 Å². The van der Waals surface area contributed by atoms with Crippen LogP contribution in [0.5, 0.6) is 0 Å². The van der Waals surface area contributed by atoms with Crippen molar-refractivity contribution in [1.29, 1.82) is 5.26 Å². The zero-order valence-electron chi connectivity index (χ0n) is 10.1. The molecule has 0 spiro atoms. The van der Waals surface area contributed by atoms with Crippen LogP contribution in [0.1, 0.15) is 24.8 Å². The van der Waals surface area contributed by atoms with E-state index in [1.165, 1.54) is 6.92 Å². The fourth-order valence-electron chi connectivity index (χ4n) is 2.03. The van der Waals surface area contributed by atoms with Gasteiger partial charge in [-0.3, -0.25) is 4.79 Å². The number of nitrogens with zero attached hydrogens (tertiary/aromatic N) is 1. The molecule has 0 unspecified atom stereocenters. The summed E-state index contributed by atoms with van der Waals surface area (Å²) >= 11 is 0. The molecule has 0 aromatic heterocycles. The minimum atomic E-state index is -0.438. The highest BCUT2D eigenvalue weighted by atomic mass is 16.5. The minimum Gasteiger partial charge on any atom is -0.461 e. The van der Waals surface area contributed by atoms with Crippen molar-refractivity contribution in [3.05, 3.63) is 47.7 Å². The van der Waals surface area contributed by atoms with Crippen LogP contribution in [0, 0.1) is 11.3 Å². The maximum Gasteiger partial charge on any atom is 0.219 e. The average molecular weight is 242 g/mol. The molecule has 0 bridgehead atoms. The van der Waals surface area contributed by atoms with Crippen LogP contribution in [0.15, 0.2) is 42.2 Å².